The van der Waals surface area contributed by atoms with Crippen LogP contribution in [-0.2, 0) is 9.59 Å². The van der Waals surface area contributed by atoms with Crippen molar-refractivity contribution in [1.82, 2.24) is 25.4 Å². The highest BCUT2D eigenvalue weighted by Crippen LogP contribution is 2.40. The van der Waals surface area contributed by atoms with E-state index in [-0.39, 0.29) is 17.9 Å². The molecule has 3 aromatic rings. The molecule has 1 aliphatic carbocycles. The number of Topliss-reactive ketones (excluding diaryl/α,β-unsaturated/α-hetero) is 1. The Hall–Kier alpha value is -3.46. The van der Waals surface area contributed by atoms with Crippen molar-refractivity contribution in [3.63, 3.8) is 0 Å². The summed E-state index contributed by atoms with van der Waals surface area (Å²) in [5, 5.41) is 14.4. The molecular formula is C23H26N6O3. The summed E-state index contributed by atoms with van der Waals surface area (Å²) in [5.41, 5.74) is 1.96. The molecule has 2 unspecified atom stereocenters. The summed E-state index contributed by atoms with van der Waals surface area (Å²) in [7, 11) is 0. The van der Waals surface area contributed by atoms with Gasteiger partial charge in [-0.2, -0.15) is 5.10 Å². The quantitative estimate of drug-likeness (QED) is 0.351. The van der Waals surface area contributed by atoms with Gasteiger partial charge in [0, 0.05) is 41.5 Å². The summed E-state index contributed by atoms with van der Waals surface area (Å²) in [6, 6.07) is 9.12. The number of benzene rings is 1. The Bertz CT molecular complexity index is 1210. The van der Waals surface area contributed by atoms with Crippen LogP contribution in [0.25, 0.3) is 10.9 Å². The molecule has 0 radical (unpaired) electrons. The van der Waals surface area contributed by atoms with Gasteiger partial charge in [-0.05, 0) is 24.8 Å². The van der Waals surface area contributed by atoms with E-state index in [0.717, 1.165) is 24.1 Å². The normalized spacial score (nSPS) is 21.0. The van der Waals surface area contributed by atoms with E-state index in [1.54, 1.807) is 23.0 Å². The summed E-state index contributed by atoms with van der Waals surface area (Å²) in [4.78, 5) is 41.1. The van der Waals surface area contributed by atoms with Crippen molar-refractivity contribution < 1.29 is 14.4 Å². The Morgan fingerprint density at radius 1 is 1.22 bits per heavy atom. The molecule has 9 heteroatoms. The third kappa shape index (κ3) is 3.80. The molecule has 166 valence electrons. The van der Waals surface area contributed by atoms with Crippen molar-refractivity contribution in [2.24, 2.45) is 5.92 Å². The van der Waals surface area contributed by atoms with Crippen molar-refractivity contribution in [2.45, 2.75) is 51.4 Å². The van der Waals surface area contributed by atoms with Crippen LogP contribution in [0.15, 0.2) is 36.5 Å². The maximum atomic E-state index is 12.9. The van der Waals surface area contributed by atoms with Crippen molar-refractivity contribution in [1.29, 1.82) is 0 Å². The van der Waals surface area contributed by atoms with Crippen molar-refractivity contribution in [3.8, 4) is 0 Å². The van der Waals surface area contributed by atoms with Gasteiger partial charge in [0.15, 0.2) is 6.29 Å². The number of carbonyl (C=O) groups is 3. The number of aromatic amines is 1. The Labute approximate surface area is 184 Å². The number of fused-ring (bicyclic) bond motifs is 1. The molecule has 1 saturated carbocycles. The lowest BCUT2D eigenvalue weighted by Crippen LogP contribution is -2.55. The summed E-state index contributed by atoms with van der Waals surface area (Å²) in [6.07, 6.45) is 3.41. The highest BCUT2D eigenvalue weighted by atomic mass is 16.2. The number of nitrogens with one attached hydrogen (secondary N) is 4. The molecule has 3 heterocycles. The molecule has 9 nitrogen and oxygen atoms in total. The van der Waals surface area contributed by atoms with Crippen LogP contribution in [-0.4, -0.2) is 38.4 Å². The van der Waals surface area contributed by atoms with Crippen molar-refractivity contribution >= 4 is 34.3 Å². The molecule has 0 bridgehead atoms. The summed E-state index contributed by atoms with van der Waals surface area (Å²) < 4.78 is 1.57. The highest BCUT2D eigenvalue weighted by molar-refractivity contribution is 6.48. The molecule has 2 aromatic heterocycles. The minimum Gasteiger partial charge on any atom is -0.360 e. The number of ketones is 1. The maximum absolute atomic E-state index is 12.9. The second kappa shape index (κ2) is 7.90. The fourth-order valence-electron chi connectivity index (χ4n) is 4.11. The van der Waals surface area contributed by atoms with E-state index in [2.05, 4.69) is 39.9 Å². The molecule has 32 heavy (non-hydrogen) atoms. The zero-order chi connectivity index (χ0) is 22.4. The number of hydrogen-bond donors (Lipinski definition) is 4. The first-order valence-electron chi connectivity index (χ1n) is 11.0. The van der Waals surface area contributed by atoms with Gasteiger partial charge in [-0.15, -0.1) is 0 Å². The van der Waals surface area contributed by atoms with Gasteiger partial charge in [-0.25, -0.2) is 4.68 Å². The van der Waals surface area contributed by atoms with Crippen LogP contribution in [0.1, 0.15) is 61.4 Å². The van der Waals surface area contributed by atoms with Gasteiger partial charge in [0.25, 0.3) is 11.7 Å². The lowest BCUT2D eigenvalue weighted by Gasteiger charge is -2.34. The number of para-hydroxylation sites is 1. The monoisotopic (exact) mass is 434 g/mol. The molecule has 2 amide bonds. The molecule has 2 aliphatic rings. The number of amides is 2. The van der Waals surface area contributed by atoms with Crippen LogP contribution in [0.5, 0.6) is 0 Å². The Morgan fingerprint density at radius 2 is 2.00 bits per heavy atom. The minimum absolute atomic E-state index is 0.0151. The number of nitrogens with zero attached hydrogens (tertiary/aromatic N) is 2. The first kappa shape index (κ1) is 20.4. The van der Waals surface area contributed by atoms with Gasteiger partial charge in [0.1, 0.15) is 5.82 Å². The SMILES string of the molecule is CC(C)C1CC(=O)NC(n2nc(C3CC3)cc2NC(=O)C(=O)c2c[nH]c3ccccc23)N1. The second-order valence-electron chi connectivity index (χ2n) is 8.90. The fraction of sp³-hybridized carbons (Fsp3) is 0.391. The zero-order valence-electron chi connectivity index (χ0n) is 18.0. The van der Waals surface area contributed by atoms with E-state index in [4.69, 9.17) is 0 Å². The summed E-state index contributed by atoms with van der Waals surface area (Å²) in [6.45, 7) is 4.10. The highest BCUT2D eigenvalue weighted by Gasteiger charge is 2.34. The van der Waals surface area contributed by atoms with Crippen molar-refractivity contribution in [3.05, 3.63) is 47.8 Å². The average molecular weight is 435 g/mol. The van der Waals surface area contributed by atoms with Crippen LogP contribution in [0.4, 0.5) is 5.82 Å². The summed E-state index contributed by atoms with van der Waals surface area (Å²) >= 11 is 0. The molecule has 1 saturated heterocycles. The fourth-order valence-corrected chi connectivity index (χ4v) is 4.11. The number of rotatable bonds is 6. The van der Waals surface area contributed by atoms with Crippen LogP contribution in [0, 0.1) is 5.92 Å². The maximum Gasteiger partial charge on any atom is 0.297 e. The number of hydrogen-bond acceptors (Lipinski definition) is 5. The number of H-pyrrole nitrogens is 1. The molecule has 5 rings (SSSR count). The average Bonchev–Trinajstić information content (AvgIpc) is 3.40. The molecular weight excluding hydrogens is 408 g/mol. The molecule has 2 atom stereocenters. The van der Waals surface area contributed by atoms with Crippen LogP contribution in [0.2, 0.25) is 0 Å². The van der Waals surface area contributed by atoms with Gasteiger partial charge >= 0.3 is 0 Å². The number of carbonyl (C=O) groups excluding carboxylic acids is 3. The lowest BCUT2D eigenvalue weighted by atomic mass is 9.99. The second-order valence-corrected chi connectivity index (χ2v) is 8.90. The van der Waals surface area contributed by atoms with Gasteiger partial charge in [0.05, 0.1) is 11.3 Å². The lowest BCUT2D eigenvalue weighted by molar-refractivity contribution is -0.126. The van der Waals surface area contributed by atoms with Gasteiger partial charge in [0.2, 0.25) is 5.91 Å². The minimum atomic E-state index is -0.749. The third-order valence-corrected chi connectivity index (χ3v) is 6.16. The van der Waals surface area contributed by atoms with Crippen molar-refractivity contribution in [2.75, 3.05) is 5.32 Å². The van der Waals surface area contributed by atoms with Gasteiger partial charge < -0.3 is 15.6 Å². The Kier molecular flexibility index (Phi) is 5.05. The van der Waals surface area contributed by atoms with E-state index in [9.17, 15) is 14.4 Å². The topological polar surface area (TPSA) is 121 Å². The predicted octanol–water partition coefficient (Wildman–Crippen LogP) is 2.65. The van der Waals surface area contributed by atoms with E-state index in [1.807, 2.05) is 18.2 Å². The molecule has 0 spiro atoms. The molecule has 2 fully saturated rings. The predicted molar refractivity (Wildman–Crippen MR) is 119 cm³/mol. The van der Waals surface area contributed by atoms with Gasteiger partial charge in [-0.1, -0.05) is 32.0 Å². The largest absolute Gasteiger partial charge is 0.360 e. The third-order valence-electron chi connectivity index (χ3n) is 6.16. The first-order chi connectivity index (χ1) is 15.4. The molecule has 4 N–H and O–H groups in total. The van der Waals surface area contributed by atoms with Gasteiger partial charge in [-0.3, -0.25) is 19.7 Å². The Morgan fingerprint density at radius 3 is 2.75 bits per heavy atom. The van der Waals surface area contributed by atoms with E-state index in [0.29, 0.717) is 29.1 Å². The molecule has 1 aromatic carbocycles. The zero-order valence-corrected chi connectivity index (χ0v) is 18.0. The van der Waals surface area contributed by atoms with E-state index >= 15 is 0 Å². The first-order valence-corrected chi connectivity index (χ1v) is 11.0. The summed E-state index contributed by atoms with van der Waals surface area (Å²) in [5.74, 6) is -0.486. The van der Waals surface area contributed by atoms with Crippen LogP contribution >= 0.6 is 0 Å². The standard InChI is InChI=1S/C23H26N6O3/c1-12(2)17-10-20(30)27-23(25-17)29-19(9-18(28-29)13-7-8-13)26-22(32)21(31)15-11-24-16-6-4-3-5-14(15)16/h3-6,9,11-13,17,23-25H,7-8,10H2,1-2H3,(H,26,32)(H,27,30). The number of aromatic nitrogens is 3. The van der Waals surface area contributed by atoms with E-state index in [1.165, 1.54) is 0 Å². The van der Waals surface area contributed by atoms with Crippen LogP contribution in [0.3, 0.4) is 0 Å². The smallest absolute Gasteiger partial charge is 0.297 e. The van der Waals surface area contributed by atoms with E-state index < -0.39 is 18.0 Å². The van der Waals surface area contributed by atoms with Crippen LogP contribution < -0.4 is 16.0 Å². The Balaban J connectivity index is 1.42. The number of anilines is 1. The molecule has 1 aliphatic heterocycles.